The van der Waals surface area contributed by atoms with Crippen molar-refractivity contribution < 1.29 is 13.9 Å². The van der Waals surface area contributed by atoms with Gasteiger partial charge in [0.1, 0.15) is 17.5 Å². The van der Waals surface area contributed by atoms with Gasteiger partial charge in [-0.15, -0.1) is 5.10 Å². The smallest absolute Gasteiger partial charge is 0.245 e. The van der Waals surface area contributed by atoms with Gasteiger partial charge in [-0.05, 0) is 66.4 Å². The van der Waals surface area contributed by atoms with E-state index in [1.54, 1.807) is 35.2 Å². The second-order valence-corrected chi connectivity index (χ2v) is 11.1. The average molecular weight is 594 g/mol. The molecule has 3 N–H and O–H groups in total. The van der Waals surface area contributed by atoms with Gasteiger partial charge in [0, 0.05) is 49.7 Å². The summed E-state index contributed by atoms with van der Waals surface area (Å²) in [4.78, 5) is 27.9. The summed E-state index contributed by atoms with van der Waals surface area (Å²) in [6, 6.07) is 14.8. The summed E-state index contributed by atoms with van der Waals surface area (Å²) in [5.74, 6) is 1.93. The van der Waals surface area contributed by atoms with Crippen LogP contribution in [0.2, 0.25) is 0 Å². The lowest BCUT2D eigenvalue weighted by Crippen LogP contribution is -2.46. The molecule has 2 atom stereocenters. The molecule has 4 aromatic heterocycles. The molecule has 44 heavy (non-hydrogen) atoms. The zero-order valence-corrected chi connectivity index (χ0v) is 24.2. The number of benzene rings is 1. The highest BCUT2D eigenvalue weighted by Gasteiger charge is 2.35. The second kappa shape index (κ2) is 11.2. The number of likely N-dealkylation sites (tertiary alicyclic amines) is 1. The number of imidazole rings is 1. The summed E-state index contributed by atoms with van der Waals surface area (Å²) in [6.45, 7) is 4.84. The lowest BCUT2D eigenvalue weighted by Gasteiger charge is -2.34. The number of hydrogen-bond donors (Lipinski definition) is 2. The molecule has 5 heterocycles. The van der Waals surface area contributed by atoms with Crippen LogP contribution in [0.15, 0.2) is 73.6 Å². The zero-order valence-electron chi connectivity index (χ0n) is 24.2. The molecule has 1 aliphatic carbocycles. The SMILES string of the molecule is C=CC(=O)N1CCC(NC2c3ccc(-n4c(-c5cccnc5N)nc5ccc(-n6ccc(OC)n6)nc54)cc3CC2F)CC1. The van der Waals surface area contributed by atoms with E-state index >= 15 is 4.39 Å². The van der Waals surface area contributed by atoms with Crippen molar-refractivity contribution in [3.63, 3.8) is 0 Å². The minimum atomic E-state index is -1.07. The van der Waals surface area contributed by atoms with Crippen molar-refractivity contribution in [2.75, 3.05) is 25.9 Å². The number of nitrogens with zero attached hydrogens (tertiary/aromatic N) is 7. The Balaban J connectivity index is 1.26. The molecular weight excluding hydrogens is 561 g/mol. The van der Waals surface area contributed by atoms with Crippen LogP contribution in [0, 0.1) is 0 Å². The predicted molar refractivity (Wildman–Crippen MR) is 164 cm³/mol. The monoisotopic (exact) mass is 593 g/mol. The van der Waals surface area contributed by atoms with Crippen molar-refractivity contribution in [3.8, 4) is 28.8 Å². The van der Waals surface area contributed by atoms with Crippen molar-refractivity contribution in [3.05, 3.63) is 84.7 Å². The molecule has 0 spiro atoms. The summed E-state index contributed by atoms with van der Waals surface area (Å²) >= 11 is 0. The number of halogens is 1. The van der Waals surface area contributed by atoms with Gasteiger partial charge in [-0.3, -0.25) is 9.36 Å². The van der Waals surface area contributed by atoms with Crippen LogP contribution in [0.5, 0.6) is 5.88 Å². The van der Waals surface area contributed by atoms with E-state index in [4.69, 9.17) is 20.4 Å². The number of fused-ring (bicyclic) bond motifs is 2. The number of carbonyl (C=O) groups excluding carboxylic acids is 1. The van der Waals surface area contributed by atoms with Crippen LogP contribution in [0.4, 0.5) is 10.2 Å². The Morgan fingerprint density at radius 1 is 1.16 bits per heavy atom. The summed E-state index contributed by atoms with van der Waals surface area (Å²) in [7, 11) is 1.56. The summed E-state index contributed by atoms with van der Waals surface area (Å²) in [5, 5.41) is 7.96. The first-order valence-electron chi connectivity index (χ1n) is 14.6. The molecule has 1 saturated heterocycles. The van der Waals surface area contributed by atoms with Crippen LogP contribution in [0.25, 0.3) is 34.1 Å². The van der Waals surface area contributed by atoms with E-state index in [0.29, 0.717) is 53.2 Å². The molecule has 11 nitrogen and oxygen atoms in total. The Bertz CT molecular complexity index is 1870. The number of rotatable bonds is 7. The number of nitrogen functional groups attached to an aromatic ring is 1. The molecule has 2 aliphatic rings. The highest BCUT2D eigenvalue weighted by atomic mass is 19.1. The van der Waals surface area contributed by atoms with Crippen LogP contribution in [0.1, 0.15) is 30.0 Å². The van der Waals surface area contributed by atoms with Crippen LogP contribution in [-0.2, 0) is 11.2 Å². The van der Waals surface area contributed by atoms with E-state index in [1.165, 1.54) is 6.08 Å². The fraction of sp³-hybridized carbons (Fsp3) is 0.281. The molecule has 224 valence electrons. The number of methoxy groups -OCH3 is 1. The molecule has 1 fully saturated rings. The number of nitrogens with one attached hydrogen (secondary N) is 1. The number of piperidine rings is 1. The molecule has 2 unspecified atom stereocenters. The van der Waals surface area contributed by atoms with Gasteiger partial charge in [-0.25, -0.2) is 24.0 Å². The Hall–Kier alpha value is -5.10. The molecule has 0 radical (unpaired) electrons. The molecule has 1 aromatic carbocycles. The molecule has 0 saturated carbocycles. The first-order chi connectivity index (χ1) is 21.4. The quantitative estimate of drug-likeness (QED) is 0.272. The second-order valence-electron chi connectivity index (χ2n) is 11.1. The highest BCUT2D eigenvalue weighted by Crippen LogP contribution is 2.38. The van der Waals surface area contributed by atoms with Gasteiger partial charge in [0.2, 0.25) is 11.8 Å². The molecule has 1 amide bonds. The number of anilines is 1. The largest absolute Gasteiger partial charge is 0.480 e. The molecule has 7 rings (SSSR count). The van der Waals surface area contributed by atoms with Crippen molar-refractivity contribution in [2.24, 2.45) is 0 Å². The number of ether oxygens (including phenoxy) is 1. The Kier molecular flexibility index (Phi) is 7.05. The highest BCUT2D eigenvalue weighted by molar-refractivity contribution is 5.87. The topological polar surface area (TPSA) is 129 Å². The number of alkyl halides is 1. The van der Waals surface area contributed by atoms with Crippen LogP contribution < -0.4 is 15.8 Å². The van der Waals surface area contributed by atoms with E-state index in [0.717, 1.165) is 29.7 Å². The maximum atomic E-state index is 15.6. The van der Waals surface area contributed by atoms with Crippen molar-refractivity contribution in [2.45, 2.75) is 37.5 Å². The van der Waals surface area contributed by atoms with Crippen LogP contribution in [-0.4, -0.2) is 72.5 Å². The lowest BCUT2D eigenvalue weighted by molar-refractivity contribution is -0.127. The summed E-state index contributed by atoms with van der Waals surface area (Å²) < 4.78 is 24.4. The number of pyridine rings is 2. The van der Waals surface area contributed by atoms with Gasteiger partial charge in [0.05, 0.1) is 18.7 Å². The Morgan fingerprint density at radius 3 is 2.75 bits per heavy atom. The van der Waals surface area contributed by atoms with Gasteiger partial charge < -0.3 is 20.7 Å². The fourth-order valence-corrected chi connectivity index (χ4v) is 6.23. The minimum absolute atomic E-state index is 0.0593. The number of amides is 1. The first-order valence-corrected chi connectivity index (χ1v) is 14.6. The third-order valence-corrected chi connectivity index (χ3v) is 8.47. The summed E-state index contributed by atoms with van der Waals surface area (Å²) in [5.41, 5.74) is 10.9. The maximum absolute atomic E-state index is 15.6. The number of carbonyl (C=O) groups is 1. The van der Waals surface area contributed by atoms with Gasteiger partial charge in [-0.1, -0.05) is 12.6 Å². The molecule has 0 bridgehead atoms. The Morgan fingerprint density at radius 2 is 2.00 bits per heavy atom. The summed E-state index contributed by atoms with van der Waals surface area (Å²) in [6.07, 6.45) is 5.51. The lowest BCUT2D eigenvalue weighted by atomic mass is 10.0. The third kappa shape index (κ3) is 4.86. The van der Waals surface area contributed by atoms with E-state index in [9.17, 15) is 4.79 Å². The number of hydrogen-bond acceptors (Lipinski definition) is 8. The normalized spacial score (nSPS) is 18.5. The minimum Gasteiger partial charge on any atom is -0.480 e. The first kappa shape index (κ1) is 27.7. The molecule has 1 aliphatic heterocycles. The van der Waals surface area contributed by atoms with Crippen molar-refractivity contribution in [1.29, 1.82) is 0 Å². The van der Waals surface area contributed by atoms with Crippen molar-refractivity contribution >= 4 is 22.9 Å². The van der Waals surface area contributed by atoms with E-state index < -0.39 is 12.2 Å². The Labute approximate surface area is 253 Å². The zero-order chi connectivity index (χ0) is 30.4. The van der Waals surface area contributed by atoms with E-state index in [-0.39, 0.29) is 18.4 Å². The third-order valence-electron chi connectivity index (χ3n) is 8.47. The van der Waals surface area contributed by atoms with Gasteiger partial charge in [0.25, 0.3) is 0 Å². The maximum Gasteiger partial charge on any atom is 0.245 e. The van der Waals surface area contributed by atoms with Gasteiger partial charge >= 0.3 is 0 Å². The van der Waals surface area contributed by atoms with E-state index in [2.05, 4.69) is 22.0 Å². The average Bonchev–Trinajstić information content (AvgIpc) is 3.76. The van der Waals surface area contributed by atoms with Gasteiger partial charge in [0.15, 0.2) is 17.3 Å². The fourth-order valence-electron chi connectivity index (χ4n) is 6.23. The number of aromatic nitrogens is 6. The van der Waals surface area contributed by atoms with Crippen molar-refractivity contribution in [1.82, 2.24) is 39.5 Å². The molecular formula is C32H32FN9O2. The van der Waals surface area contributed by atoms with Crippen LogP contribution >= 0.6 is 0 Å². The number of nitrogens with two attached hydrogens (primary N) is 1. The molecule has 12 heteroatoms. The van der Waals surface area contributed by atoms with Gasteiger partial charge in [-0.2, -0.15) is 0 Å². The van der Waals surface area contributed by atoms with E-state index in [1.807, 2.05) is 47.0 Å². The predicted octanol–water partition coefficient (Wildman–Crippen LogP) is 3.96. The molecule has 5 aromatic rings. The standard InChI is InChI=1S/C32H32FN9O2/c1-3-28(43)40-14-10-20(11-15-40)36-29-22-7-6-21(17-19(22)18-24(29)33)42-31(23-5-4-13-35-30(23)34)37-25-8-9-26(38-32(25)42)41-16-12-27(39-41)44-2/h3-9,12-13,16-17,20,24,29,36H,1,10-11,14-15,18H2,2H3,(H2,34,35). The van der Waals surface area contributed by atoms with Crippen LogP contribution in [0.3, 0.4) is 0 Å².